The molecule has 0 bridgehead atoms. The molecule has 1 atom stereocenters. The fraction of sp³-hybridized carbons (Fsp3) is 0.846. The van der Waals surface area contributed by atoms with E-state index < -0.39 is 17.7 Å². The number of esters is 1. The van der Waals surface area contributed by atoms with E-state index in [2.05, 4.69) is 19.2 Å². The van der Waals surface area contributed by atoms with Gasteiger partial charge in [-0.1, -0.05) is 79.1 Å². The molecule has 0 aliphatic rings. The third-order valence-corrected chi connectivity index (χ3v) is 5.85. The van der Waals surface area contributed by atoms with Gasteiger partial charge >= 0.3 is 12.1 Å². The maximum Gasteiger partial charge on any atom is 0.412 e. The third-order valence-electron chi connectivity index (χ3n) is 4.57. The average Bonchev–Trinajstić information content (AvgIpc) is 2.75. The summed E-state index contributed by atoms with van der Waals surface area (Å²) in [5, 5.41) is 3.47. The molecule has 0 rings (SSSR count). The molecule has 0 saturated carbocycles. The lowest BCUT2D eigenvalue weighted by molar-refractivity contribution is -0.149. The van der Waals surface area contributed by atoms with Crippen molar-refractivity contribution < 1.29 is 23.8 Å². The fourth-order valence-electron chi connectivity index (χ4n) is 2.83. The first-order valence-corrected chi connectivity index (χ1v) is 13.5. The summed E-state index contributed by atoms with van der Waals surface area (Å²) in [6, 6.07) is 0. The Hall–Kier alpha value is -1.21. The predicted octanol–water partition coefficient (Wildman–Crippen LogP) is 7.61. The molecule has 1 unspecified atom stereocenters. The largest absolute Gasteiger partial charge is 0.457 e. The summed E-state index contributed by atoms with van der Waals surface area (Å²) >= 11 is 1.49. The van der Waals surface area contributed by atoms with Gasteiger partial charge in [0, 0.05) is 12.4 Å². The molecule has 0 aromatic rings. The standard InChI is InChI=1S/C24H45NO5S.C2H6/c1-8-9-10-11-12-13-14-15-16-19(2)31-21(25-23(27)29-18-17-28-7)20(3)22(26)30-24(4,5)6;1-2/h19H,8-18H2,1-7H3,(H,25,27);1-2H3/b21-20+;. The van der Waals surface area contributed by atoms with E-state index in [0.29, 0.717) is 17.2 Å². The molecule has 0 aliphatic carbocycles. The highest BCUT2D eigenvalue weighted by Crippen LogP contribution is 2.28. The lowest BCUT2D eigenvalue weighted by atomic mass is 10.1. The second-order valence-corrected chi connectivity index (χ2v) is 10.4. The van der Waals surface area contributed by atoms with E-state index in [4.69, 9.17) is 14.2 Å². The highest BCUT2D eigenvalue weighted by molar-refractivity contribution is 8.03. The Morgan fingerprint density at radius 2 is 1.48 bits per heavy atom. The predicted molar refractivity (Wildman–Crippen MR) is 141 cm³/mol. The summed E-state index contributed by atoms with van der Waals surface area (Å²) in [5.41, 5.74) is -0.220. The molecule has 196 valence electrons. The molecule has 0 aromatic carbocycles. The van der Waals surface area contributed by atoms with Crippen molar-refractivity contribution in [2.24, 2.45) is 0 Å². The number of rotatable bonds is 16. The first-order valence-electron chi connectivity index (χ1n) is 12.6. The van der Waals surface area contributed by atoms with Crippen LogP contribution in [0.15, 0.2) is 10.6 Å². The molecule has 7 heteroatoms. The molecule has 0 aromatic heterocycles. The monoisotopic (exact) mass is 489 g/mol. The van der Waals surface area contributed by atoms with E-state index in [1.165, 1.54) is 56.7 Å². The molecule has 33 heavy (non-hydrogen) atoms. The van der Waals surface area contributed by atoms with Crippen LogP contribution < -0.4 is 5.32 Å². The molecule has 1 amide bonds. The molecule has 0 aliphatic heterocycles. The van der Waals surface area contributed by atoms with Gasteiger partial charge in [-0.05, 0) is 34.1 Å². The highest BCUT2D eigenvalue weighted by Gasteiger charge is 2.22. The number of hydrogen-bond acceptors (Lipinski definition) is 6. The Bertz CT molecular complexity index is 543. The number of alkyl carbamates (subject to hydrolysis) is 1. The number of carbonyl (C=O) groups excluding carboxylic acids is 2. The number of unbranched alkanes of at least 4 members (excludes halogenated alkanes) is 7. The van der Waals surface area contributed by atoms with Gasteiger partial charge in [-0.3, -0.25) is 5.32 Å². The Kier molecular flexibility index (Phi) is 22.0. The number of hydrogen-bond donors (Lipinski definition) is 1. The van der Waals surface area contributed by atoms with Crippen LogP contribution in [0.2, 0.25) is 0 Å². The molecular weight excluding hydrogens is 438 g/mol. The van der Waals surface area contributed by atoms with Crippen LogP contribution in [0, 0.1) is 0 Å². The van der Waals surface area contributed by atoms with Crippen LogP contribution in [0.4, 0.5) is 4.79 Å². The van der Waals surface area contributed by atoms with Gasteiger partial charge in [0.25, 0.3) is 0 Å². The van der Waals surface area contributed by atoms with Crippen molar-refractivity contribution >= 4 is 23.8 Å². The van der Waals surface area contributed by atoms with Gasteiger partial charge in [0.2, 0.25) is 0 Å². The summed E-state index contributed by atoms with van der Waals surface area (Å²) < 4.78 is 15.5. The number of carbonyl (C=O) groups is 2. The van der Waals surface area contributed by atoms with Gasteiger partial charge in [0.1, 0.15) is 12.2 Å². The number of thioether (sulfide) groups is 1. The Balaban J connectivity index is 0. The van der Waals surface area contributed by atoms with Crippen LogP contribution in [-0.4, -0.2) is 43.2 Å². The van der Waals surface area contributed by atoms with Gasteiger partial charge < -0.3 is 14.2 Å². The Morgan fingerprint density at radius 1 is 0.939 bits per heavy atom. The molecule has 6 nitrogen and oxygen atoms in total. The van der Waals surface area contributed by atoms with Crippen LogP contribution in [0.1, 0.15) is 113 Å². The summed E-state index contributed by atoms with van der Waals surface area (Å²) in [4.78, 5) is 24.7. The molecule has 0 spiro atoms. The number of nitrogens with one attached hydrogen (secondary N) is 1. The number of ether oxygens (including phenoxy) is 3. The zero-order valence-electron chi connectivity index (χ0n) is 22.8. The van der Waals surface area contributed by atoms with Crippen molar-refractivity contribution in [3.05, 3.63) is 10.6 Å². The van der Waals surface area contributed by atoms with E-state index in [1.807, 2.05) is 34.6 Å². The minimum Gasteiger partial charge on any atom is -0.457 e. The van der Waals surface area contributed by atoms with Crippen molar-refractivity contribution in [3.8, 4) is 0 Å². The minimum absolute atomic E-state index is 0.152. The van der Waals surface area contributed by atoms with Gasteiger partial charge in [0.15, 0.2) is 0 Å². The van der Waals surface area contributed by atoms with Crippen LogP contribution in [0.3, 0.4) is 0 Å². The van der Waals surface area contributed by atoms with E-state index in [-0.39, 0.29) is 11.9 Å². The third kappa shape index (κ3) is 21.1. The summed E-state index contributed by atoms with van der Waals surface area (Å²) in [7, 11) is 1.54. The molecule has 0 heterocycles. The topological polar surface area (TPSA) is 73.9 Å². The van der Waals surface area contributed by atoms with Crippen molar-refractivity contribution in [2.45, 2.75) is 124 Å². The van der Waals surface area contributed by atoms with Gasteiger partial charge in [-0.15, -0.1) is 11.8 Å². The molecule has 0 saturated heterocycles. The maximum absolute atomic E-state index is 12.5. The SMILES string of the molecule is CC.CCCCCCCCCCC(C)S/C(NC(=O)OCCOC)=C(\C)C(=O)OC(C)(C)C. The quantitative estimate of drug-likeness (QED) is 0.137. The fourth-order valence-corrected chi connectivity index (χ4v) is 3.92. The lowest BCUT2D eigenvalue weighted by Crippen LogP contribution is -2.29. The second-order valence-electron chi connectivity index (χ2n) is 8.90. The smallest absolute Gasteiger partial charge is 0.412 e. The number of amides is 1. The molecule has 0 radical (unpaired) electrons. The van der Waals surface area contributed by atoms with E-state index in [9.17, 15) is 9.59 Å². The lowest BCUT2D eigenvalue weighted by Gasteiger charge is -2.22. The van der Waals surface area contributed by atoms with Crippen molar-refractivity contribution in [1.29, 1.82) is 0 Å². The maximum atomic E-state index is 12.5. The summed E-state index contributed by atoms with van der Waals surface area (Å²) in [6.45, 7) is 16.0. The number of methoxy groups -OCH3 is 1. The van der Waals surface area contributed by atoms with Gasteiger partial charge in [-0.25, -0.2) is 9.59 Å². The minimum atomic E-state index is -0.601. The first kappa shape index (κ1) is 34.0. The average molecular weight is 490 g/mol. The molecular formula is C26H51NO5S. The Labute approximate surface area is 208 Å². The normalized spacial score (nSPS) is 12.8. The second kappa shape index (κ2) is 21.3. The first-order chi connectivity index (χ1) is 15.6. The van der Waals surface area contributed by atoms with Gasteiger partial charge in [0.05, 0.1) is 17.2 Å². The van der Waals surface area contributed by atoms with E-state index >= 15 is 0 Å². The molecule has 1 N–H and O–H groups in total. The van der Waals surface area contributed by atoms with E-state index in [1.54, 1.807) is 14.0 Å². The summed E-state index contributed by atoms with van der Waals surface area (Å²) in [5.74, 6) is -0.438. The van der Waals surface area contributed by atoms with Crippen LogP contribution in [0.25, 0.3) is 0 Å². The van der Waals surface area contributed by atoms with E-state index in [0.717, 1.165) is 12.8 Å². The van der Waals surface area contributed by atoms with Crippen LogP contribution >= 0.6 is 11.8 Å². The summed E-state index contributed by atoms with van der Waals surface area (Å²) in [6.07, 6.45) is 10.6. The zero-order chi connectivity index (χ0) is 25.7. The molecule has 0 fully saturated rings. The van der Waals surface area contributed by atoms with Crippen LogP contribution in [-0.2, 0) is 19.0 Å². The van der Waals surface area contributed by atoms with Crippen LogP contribution in [0.5, 0.6) is 0 Å². The van der Waals surface area contributed by atoms with Crippen molar-refractivity contribution in [3.63, 3.8) is 0 Å². The zero-order valence-corrected chi connectivity index (χ0v) is 23.6. The Morgan fingerprint density at radius 3 is 2.00 bits per heavy atom. The van der Waals surface area contributed by atoms with Crippen molar-refractivity contribution in [1.82, 2.24) is 5.32 Å². The van der Waals surface area contributed by atoms with Crippen molar-refractivity contribution in [2.75, 3.05) is 20.3 Å². The highest BCUT2D eigenvalue weighted by atomic mass is 32.2. The van der Waals surface area contributed by atoms with Gasteiger partial charge in [-0.2, -0.15) is 0 Å².